The largest absolute Gasteiger partial charge is 0.268 e. The lowest BCUT2D eigenvalue weighted by molar-refractivity contribution is 0.0923. The molecule has 2 N–H and O–H groups in total. The number of carbonyl (C=O) groups excluding carboxylic acids is 2. The van der Waals surface area contributed by atoms with Gasteiger partial charge in [-0.05, 0) is 47.2 Å². The van der Waals surface area contributed by atoms with Crippen molar-refractivity contribution in [1.29, 1.82) is 0 Å². The van der Waals surface area contributed by atoms with Crippen LogP contribution in [-0.4, -0.2) is 30.0 Å². The molecular formula is C24H16N4O4S. The van der Waals surface area contributed by atoms with E-state index in [2.05, 4.69) is 16.9 Å². The summed E-state index contributed by atoms with van der Waals surface area (Å²) in [7, 11) is -2.17. The number of fused-ring (bicyclic) bond motifs is 2. The Bertz CT molecular complexity index is 1590. The highest BCUT2D eigenvalue weighted by molar-refractivity contribution is 7.89. The van der Waals surface area contributed by atoms with Gasteiger partial charge in [-0.2, -0.15) is 5.10 Å². The number of sulfonamides is 1. The zero-order valence-corrected chi connectivity index (χ0v) is 18.1. The monoisotopic (exact) mass is 456 g/mol. The highest BCUT2D eigenvalue weighted by Gasteiger charge is 2.39. The van der Waals surface area contributed by atoms with Crippen molar-refractivity contribution in [2.24, 2.45) is 12.2 Å². The molecule has 8 nitrogen and oxygen atoms in total. The molecule has 0 aliphatic carbocycles. The van der Waals surface area contributed by atoms with Gasteiger partial charge < -0.3 is 0 Å². The number of aryl methyl sites for hydroxylation is 1. The van der Waals surface area contributed by atoms with Crippen molar-refractivity contribution < 1.29 is 18.0 Å². The van der Waals surface area contributed by atoms with E-state index >= 15 is 0 Å². The number of nitrogens with zero attached hydrogens (tertiary/aromatic N) is 3. The molecule has 1 aliphatic rings. The molecule has 0 spiro atoms. The van der Waals surface area contributed by atoms with Crippen LogP contribution in [0.3, 0.4) is 0 Å². The van der Waals surface area contributed by atoms with Gasteiger partial charge in [-0.25, -0.2) is 18.5 Å². The van der Waals surface area contributed by atoms with Crippen LogP contribution in [0.15, 0.2) is 71.8 Å². The third-order valence-electron chi connectivity index (χ3n) is 5.40. The average molecular weight is 456 g/mol. The third-order valence-corrected chi connectivity index (χ3v) is 6.33. The molecule has 33 heavy (non-hydrogen) atoms. The van der Waals surface area contributed by atoms with Crippen molar-refractivity contribution in [3.8, 4) is 11.8 Å². The molecule has 3 aromatic carbocycles. The Labute approximate surface area is 189 Å². The van der Waals surface area contributed by atoms with E-state index in [1.54, 1.807) is 19.2 Å². The number of nitrogens with two attached hydrogens (primary N) is 1. The summed E-state index contributed by atoms with van der Waals surface area (Å²) < 4.78 is 24.2. The molecule has 0 saturated carbocycles. The maximum Gasteiger partial charge on any atom is 0.267 e. The van der Waals surface area contributed by atoms with Crippen LogP contribution in [0.1, 0.15) is 31.8 Å². The molecule has 0 atom stereocenters. The Hall–Kier alpha value is -4.26. The van der Waals surface area contributed by atoms with Gasteiger partial charge >= 0.3 is 0 Å². The van der Waals surface area contributed by atoms with Crippen LogP contribution in [0.5, 0.6) is 0 Å². The summed E-state index contributed by atoms with van der Waals surface area (Å²) in [6.07, 6.45) is 1.47. The minimum atomic E-state index is -3.80. The number of anilines is 1. The molecule has 2 amide bonds. The van der Waals surface area contributed by atoms with Gasteiger partial charge in [0.1, 0.15) is 0 Å². The first-order valence-corrected chi connectivity index (χ1v) is 11.4. The zero-order valence-electron chi connectivity index (χ0n) is 17.3. The van der Waals surface area contributed by atoms with Crippen LogP contribution in [0.25, 0.3) is 10.8 Å². The van der Waals surface area contributed by atoms with E-state index in [0.717, 1.165) is 15.7 Å². The Morgan fingerprint density at radius 2 is 1.45 bits per heavy atom. The molecule has 1 aliphatic heterocycles. The predicted molar refractivity (Wildman–Crippen MR) is 122 cm³/mol. The Kier molecular flexibility index (Phi) is 4.63. The summed E-state index contributed by atoms with van der Waals surface area (Å²) in [6, 6.07) is 16.7. The summed E-state index contributed by atoms with van der Waals surface area (Å²) in [5, 5.41) is 11.0. The lowest BCUT2D eigenvalue weighted by atomic mass is 10.0. The molecule has 0 unspecified atom stereocenters. The standard InChI is InChI=1S/C24H16N4O4S/c1-27-22(18(14-26-27)9-6-15-7-10-19(11-8-15)33(25,31)32)28-23(29)20-12-16-4-2-3-5-17(16)13-21(20)24(28)30/h2-5,7-8,10-14H,1H3,(H2,25,31,32). The molecule has 5 rings (SSSR count). The minimum Gasteiger partial charge on any atom is -0.268 e. The third kappa shape index (κ3) is 3.47. The van der Waals surface area contributed by atoms with Gasteiger partial charge in [-0.15, -0.1) is 0 Å². The number of hydrogen-bond donors (Lipinski definition) is 1. The van der Waals surface area contributed by atoms with Crippen molar-refractivity contribution in [3.63, 3.8) is 0 Å². The van der Waals surface area contributed by atoms with E-state index in [1.807, 2.05) is 24.3 Å². The second-order valence-corrected chi connectivity index (χ2v) is 9.08. The van der Waals surface area contributed by atoms with Crippen LogP contribution < -0.4 is 10.0 Å². The lowest BCUT2D eigenvalue weighted by Crippen LogP contribution is -2.31. The Balaban J connectivity index is 1.54. The number of primary sulfonamides is 1. The fourth-order valence-electron chi connectivity index (χ4n) is 3.77. The van der Waals surface area contributed by atoms with Crippen molar-refractivity contribution in [1.82, 2.24) is 9.78 Å². The van der Waals surface area contributed by atoms with Crippen LogP contribution in [0.4, 0.5) is 5.82 Å². The topological polar surface area (TPSA) is 115 Å². The Morgan fingerprint density at radius 3 is 2.00 bits per heavy atom. The van der Waals surface area contributed by atoms with Gasteiger partial charge in [-0.1, -0.05) is 36.1 Å². The lowest BCUT2D eigenvalue weighted by Gasteiger charge is -2.14. The van der Waals surface area contributed by atoms with Crippen LogP contribution in [0.2, 0.25) is 0 Å². The molecule has 4 aromatic rings. The summed E-state index contributed by atoms with van der Waals surface area (Å²) >= 11 is 0. The molecule has 0 radical (unpaired) electrons. The van der Waals surface area contributed by atoms with E-state index in [-0.39, 0.29) is 10.7 Å². The zero-order chi connectivity index (χ0) is 23.3. The van der Waals surface area contributed by atoms with Gasteiger partial charge in [0.05, 0.1) is 27.8 Å². The first kappa shape index (κ1) is 20.6. The number of rotatable bonds is 2. The van der Waals surface area contributed by atoms with Gasteiger partial charge in [0.2, 0.25) is 10.0 Å². The number of imide groups is 1. The maximum atomic E-state index is 13.2. The molecule has 9 heteroatoms. The highest BCUT2D eigenvalue weighted by atomic mass is 32.2. The smallest absolute Gasteiger partial charge is 0.267 e. The van der Waals surface area contributed by atoms with E-state index in [0.29, 0.717) is 22.3 Å². The van der Waals surface area contributed by atoms with Gasteiger partial charge in [-0.3, -0.25) is 14.3 Å². The van der Waals surface area contributed by atoms with Gasteiger partial charge in [0.15, 0.2) is 5.82 Å². The van der Waals surface area contributed by atoms with Gasteiger partial charge in [0.25, 0.3) is 11.8 Å². The first-order valence-electron chi connectivity index (χ1n) is 9.82. The predicted octanol–water partition coefficient (Wildman–Crippen LogP) is 2.42. The number of benzene rings is 3. The van der Waals surface area contributed by atoms with Crippen molar-refractivity contribution >= 4 is 38.4 Å². The minimum absolute atomic E-state index is 0.0199. The van der Waals surface area contributed by atoms with Crippen molar-refractivity contribution in [2.75, 3.05) is 4.90 Å². The second kappa shape index (κ2) is 7.41. The summed E-state index contributed by atoms with van der Waals surface area (Å²) in [4.78, 5) is 27.5. The van der Waals surface area contributed by atoms with E-state index < -0.39 is 21.8 Å². The second-order valence-electron chi connectivity index (χ2n) is 7.52. The SMILES string of the molecule is Cn1ncc(C#Cc2ccc(S(N)(=O)=O)cc2)c1N1C(=O)c2cc3ccccc3cc2C1=O. The van der Waals surface area contributed by atoms with E-state index in [4.69, 9.17) is 5.14 Å². The van der Waals surface area contributed by atoms with Gasteiger partial charge in [0, 0.05) is 12.6 Å². The molecule has 162 valence electrons. The molecule has 2 heterocycles. The summed E-state index contributed by atoms with van der Waals surface area (Å²) in [5.74, 6) is 5.21. The van der Waals surface area contributed by atoms with Crippen LogP contribution in [-0.2, 0) is 17.1 Å². The van der Waals surface area contributed by atoms with Crippen LogP contribution >= 0.6 is 0 Å². The quantitative estimate of drug-likeness (QED) is 0.367. The first-order chi connectivity index (χ1) is 15.7. The highest BCUT2D eigenvalue weighted by Crippen LogP contribution is 2.32. The number of hydrogen-bond acceptors (Lipinski definition) is 5. The normalized spacial score (nSPS) is 13.2. The Morgan fingerprint density at radius 1 is 0.879 bits per heavy atom. The van der Waals surface area contributed by atoms with E-state index in [1.165, 1.54) is 35.1 Å². The van der Waals surface area contributed by atoms with Crippen molar-refractivity contribution in [3.05, 3.63) is 89.1 Å². The summed E-state index contributed by atoms with van der Waals surface area (Å²) in [6.45, 7) is 0. The fourth-order valence-corrected chi connectivity index (χ4v) is 4.29. The van der Waals surface area contributed by atoms with E-state index in [9.17, 15) is 18.0 Å². The molecular weight excluding hydrogens is 440 g/mol. The molecule has 0 bridgehead atoms. The molecule has 0 saturated heterocycles. The number of carbonyl (C=O) groups is 2. The average Bonchev–Trinajstić information content (AvgIpc) is 3.26. The van der Waals surface area contributed by atoms with Crippen molar-refractivity contribution in [2.45, 2.75) is 4.90 Å². The number of amides is 2. The molecule has 1 aromatic heterocycles. The van der Waals surface area contributed by atoms with Crippen LogP contribution in [0, 0.1) is 11.8 Å². The maximum absolute atomic E-state index is 13.2. The number of aromatic nitrogens is 2. The fraction of sp³-hybridized carbons (Fsp3) is 0.0417. The molecule has 0 fully saturated rings. The summed E-state index contributed by atoms with van der Waals surface area (Å²) in [5.41, 5.74) is 1.58.